The molecule has 1 N–H and O–H groups in total. The number of pyridine rings is 1. The van der Waals surface area contributed by atoms with Gasteiger partial charge in [0, 0.05) is 31.1 Å². The third kappa shape index (κ3) is 3.83. The van der Waals surface area contributed by atoms with Gasteiger partial charge in [0.05, 0.1) is 17.6 Å². The van der Waals surface area contributed by atoms with Crippen molar-refractivity contribution in [1.82, 2.24) is 30.1 Å². The molecule has 0 bridgehead atoms. The molecule has 0 saturated carbocycles. The summed E-state index contributed by atoms with van der Waals surface area (Å²) in [6.45, 7) is 1.34. The van der Waals surface area contributed by atoms with Gasteiger partial charge in [0.1, 0.15) is 0 Å². The van der Waals surface area contributed by atoms with E-state index in [2.05, 4.69) is 25.6 Å². The van der Waals surface area contributed by atoms with Crippen molar-refractivity contribution < 1.29 is 9.53 Å². The van der Waals surface area contributed by atoms with Crippen molar-refractivity contribution in [2.75, 3.05) is 18.9 Å². The Morgan fingerprint density at radius 2 is 2.31 bits per heavy atom. The highest BCUT2D eigenvalue weighted by Crippen LogP contribution is 2.20. The van der Waals surface area contributed by atoms with Crippen LogP contribution in [0.2, 0.25) is 0 Å². The lowest BCUT2D eigenvalue weighted by Crippen LogP contribution is -2.32. The van der Waals surface area contributed by atoms with Crippen molar-refractivity contribution >= 4 is 23.3 Å². The Bertz CT molecular complexity index is 895. The number of amides is 1. The van der Waals surface area contributed by atoms with Crippen LogP contribution in [0.4, 0.5) is 0 Å². The van der Waals surface area contributed by atoms with E-state index in [-0.39, 0.29) is 17.8 Å². The zero-order valence-electron chi connectivity index (χ0n) is 14.0. The quantitative estimate of drug-likeness (QED) is 0.658. The van der Waals surface area contributed by atoms with Crippen LogP contribution < -0.4 is 5.32 Å². The molecule has 8 nitrogen and oxygen atoms in total. The standard InChI is InChI=1S/C17H18N6O2S/c24-16(19-10-13-4-2-8-25-13)11-26-17-21-20-15-6-5-14(22-23(15)17)12-3-1-7-18-9-12/h1,3,5-7,9,13H,2,4,8,10-11H2,(H,19,24). The van der Waals surface area contributed by atoms with Gasteiger partial charge in [0.25, 0.3) is 0 Å². The zero-order valence-corrected chi connectivity index (χ0v) is 14.9. The molecule has 0 radical (unpaired) electrons. The summed E-state index contributed by atoms with van der Waals surface area (Å²) in [5.41, 5.74) is 2.32. The predicted molar refractivity (Wildman–Crippen MR) is 96.7 cm³/mol. The van der Waals surface area contributed by atoms with Crippen LogP contribution in [0.25, 0.3) is 16.9 Å². The average Bonchev–Trinajstić information content (AvgIpc) is 3.35. The monoisotopic (exact) mass is 370 g/mol. The molecule has 1 fully saturated rings. The third-order valence-corrected chi connectivity index (χ3v) is 4.99. The first-order valence-electron chi connectivity index (χ1n) is 8.43. The lowest BCUT2D eigenvalue weighted by molar-refractivity contribution is -0.119. The summed E-state index contributed by atoms with van der Waals surface area (Å²) in [6, 6.07) is 7.53. The number of hydrogen-bond donors (Lipinski definition) is 1. The highest BCUT2D eigenvalue weighted by Gasteiger charge is 2.17. The number of rotatable bonds is 6. The van der Waals surface area contributed by atoms with Gasteiger partial charge in [-0.2, -0.15) is 9.61 Å². The van der Waals surface area contributed by atoms with Crippen LogP contribution in [0.5, 0.6) is 0 Å². The Morgan fingerprint density at radius 3 is 3.12 bits per heavy atom. The summed E-state index contributed by atoms with van der Waals surface area (Å²) in [4.78, 5) is 16.2. The first kappa shape index (κ1) is 16.9. The average molecular weight is 370 g/mol. The smallest absolute Gasteiger partial charge is 0.230 e. The number of nitrogens with one attached hydrogen (secondary N) is 1. The van der Waals surface area contributed by atoms with Gasteiger partial charge in [-0.25, -0.2) is 0 Å². The molecule has 4 rings (SSSR count). The summed E-state index contributed by atoms with van der Waals surface area (Å²) in [5.74, 6) is 0.206. The van der Waals surface area contributed by atoms with Crippen molar-refractivity contribution in [3.8, 4) is 11.3 Å². The third-order valence-electron chi connectivity index (χ3n) is 4.07. The normalized spacial score (nSPS) is 16.8. The topological polar surface area (TPSA) is 94.3 Å². The largest absolute Gasteiger partial charge is 0.376 e. The molecule has 26 heavy (non-hydrogen) atoms. The summed E-state index contributed by atoms with van der Waals surface area (Å²) in [6.07, 6.45) is 5.68. The fraction of sp³-hybridized carbons (Fsp3) is 0.353. The first-order chi connectivity index (χ1) is 12.8. The fourth-order valence-corrected chi connectivity index (χ4v) is 3.46. The molecule has 0 spiro atoms. The van der Waals surface area contributed by atoms with Crippen molar-refractivity contribution in [2.45, 2.75) is 24.1 Å². The van der Waals surface area contributed by atoms with E-state index in [1.165, 1.54) is 11.8 Å². The maximum absolute atomic E-state index is 12.0. The number of aromatic nitrogens is 5. The van der Waals surface area contributed by atoms with E-state index in [0.29, 0.717) is 17.3 Å². The fourth-order valence-electron chi connectivity index (χ4n) is 2.74. The molecule has 134 valence electrons. The van der Waals surface area contributed by atoms with E-state index in [9.17, 15) is 4.79 Å². The van der Waals surface area contributed by atoms with Crippen LogP contribution in [-0.4, -0.2) is 55.7 Å². The molecule has 3 aromatic rings. The lowest BCUT2D eigenvalue weighted by Gasteiger charge is -2.10. The predicted octanol–water partition coefficient (Wildman–Crippen LogP) is 1.57. The number of fused-ring (bicyclic) bond motifs is 1. The molecule has 0 aromatic carbocycles. The Morgan fingerprint density at radius 1 is 1.35 bits per heavy atom. The molecular formula is C17H18N6O2S. The van der Waals surface area contributed by atoms with Crippen LogP contribution >= 0.6 is 11.8 Å². The second-order valence-electron chi connectivity index (χ2n) is 5.94. The minimum absolute atomic E-state index is 0.0503. The molecular weight excluding hydrogens is 352 g/mol. The zero-order chi connectivity index (χ0) is 17.8. The van der Waals surface area contributed by atoms with Gasteiger partial charge in [0.2, 0.25) is 11.1 Å². The van der Waals surface area contributed by atoms with E-state index >= 15 is 0 Å². The van der Waals surface area contributed by atoms with Crippen LogP contribution in [0.1, 0.15) is 12.8 Å². The van der Waals surface area contributed by atoms with Crippen LogP contribution in [0.15, 0.2) is 41.8 Å². The van der Waals surface area contributed by atoms with Gasteiger partial charge in [-0.3, -0.25) is 9.78 Å². The summed E-state index contributed by atoms with van der Waals surface area (Å²) in [5, 5.41) is 16.3. The van der Waals surface area contributed by atoms with Crippen LogP contribution in [-0.2, 0) is 9.53 Å². The number of nitrogens with zero attached hydrogens (tertiary/aromatic N) is 5. The lowest BCUT2D eigenvalue weighted by atomic mass is 10.2. The molecule has 1 amide bonds. The summed E-state index contributed by atoms with van der Waals surface area (Å²) in [7, 11) is 0. The molecule has 4 heterocycles. The van der Waals surface area contributed by atoms with Crippen molar-refractivity contribution in [3.63, 3.8) is 0 Å². The van der Waals surface area contributed by atoms with Crippen molar-refractivity contribution in [2.24, 2.45) is 0 Å². The minimum Gasteiger partial charge on any atom is -0.376 e. The van der Waals surface area contributed by atoms with Crippen LogP contribution in [0.3, 0.4) is 0 Å². The Kier molecular flexibility index (Phi) is 5.07. The second kappa shape index (κ2) is 7.79. The van der Waals surface area contributed by atoms with Crippen molar-refractivity contribution in [1.29, 1.82) is 0 Å². The van der Waals surface area contributed by atoms with Gasteiger partial charge in [-0.1, -0.05) is 11.8 Å². The molecule has 1 aliphatic rings. The van der Waals surface area contributed by atoms with Gasteiger partial charge in [-0.05, 0) is 37.1 Å². The Labute approximate surface area is 154 Å². The number of carbonyl (C=O) groups excluding carboxylic acids is 1. The van der Waals surface area contributed by atoms with E-state index < -0.39 is 0 Å². The SMILES string of the molecule is O=C(CSc1nnc2ccc(-c3cccnc3)nn12)NCC1CCCO1. The molecule has 3 aromatic heterocycles. The highest BCUT2D eigenvalue weighted by molar-refractivity contribution is 7.99. The molecule has 1 unspecified atom stereocenters. The van der Waals surface area contributed by atoms with E-state index in [4.69, 9.17) is 4.74 Å². The Hall–Kier alpha value is -2.52. The van der Waals surface area contributed by atoms with Gasteiger partial charge in [0.15, 0.2) is 5.65 Å². The second-order valence-corrected chi connectivity index (χ2v) is 6.88. The van der Waals surface area contributed by atoms with Gasteiger partial charge in [-0.15, -0.1) is 10.2 Å². The number of thioether (sulfide) groups is 1. The Balaban J connectivity index is 1.42. The van der Waals surface area contributed by atoms with Crippen LogP contribution in [0, 0.1) is 0 Å². The minimum atomic E-state index is -0.0503. The molecule has 9 heteroatoms. The maximum atomic E-state index is 12.0. The van der Waals surface area contributed by atoms with Gasteiger partial charge < -0.3 is 10.1 Å². The summed E-state index contributed by atoms with van der Waals surface area (Å²) >= 11 is 1.31. The van der Waals surface area contributed by atoms with Crippen molar-refractivity contribution in [3.05, 3.63) is 36.7 Å². The maximum Gasteiger partial charge on any atom is 0.230 e. The van der Waals surface area contributed by atoms with E-state index in [1.54, 1.807) is 16.9 Å². The summed E-state index contributed by atoms with van der Waals surface area (Å²) < 4.78 is 7.16. The van der Waals surface area contributed by atoms with E-state index in [0.717, 1.165) is 30.7 Å². The molecule has 0 aliphatic carbocycles. The molecule has 1 aliphatic heterocycles. The molecule has 1 saturated heterocycles. The highest BCUT2D eigenvalue weighted by atomic mass is 32.2. The number of carbonyl (C=O) groups is 1. The number of ether oxygens (including phenoxy) is 1. The first-order valence-corrected chi connectivity index (χ1v) is 9.42. The van der Waals surface area contributed by atoms with E-state index in [1.807, 2.05) is 24.3 Å². The van der Waals surface area contributed by atoms with Gasteiger partial charge >= 0.3 is 0 Å². The number of hydrogen-bond acceptors (Lipinski definition) is 7. The molecule has 1 atom stereocenters.